The summed E-state index contributed by atoms with van der Waals surface area (Å²) < 4.78 is 6.80. The lowest BCUT2D eigenvalue weighted by Crippen LogP contribution is -2.01. The molecule has 0 saturated heterocycles. The molecule has 0 radical (unpaired) electrons. The van der Waals surface area contributed by atoms with Crippen LogP contribution in [0.3, 0.4) is 0 Å². The monoisotopic (exact) mass is 308 g/mol. The summed E-state index contributed by atoms with van der Waals surface area (Å²) in [4.78, 5) is 8.33. The van der Waals surface area contributed by atoms with E-state index < -0.39 is 0 Å². The van der Waals surface area contributed by atoms with Crippen molar-refractivity contribution in [2.45, 2.75) is 6.92 Å². The Labute approximate surface area is 133 Å². The number of methoxy groups -OCH3 is 1. The first-order valence-electron chi connectivity index (χ1n) is 7.01. The predicted molar refractivity (Wildman–Crippen MR) is 88.1 cm³/mol. The largest absolute Gasteiger partial charge is 0.497 e. The highest BCUT2D eigenvalue weighted by Crippen LogP contribution is 2.11. The van der Waals surface area contributed by atoms with Crippen LogP contribution in [-0.2, 0) is 0 Å². The van der Waals surface area contributed by atoms with Crippen molar-refractivity contribution in [2.24, 2.45) is 5.10 Å². The maximum atomic E-state index is 5.11. The zero-order valence-electron chi connectivity index (χ0n) is 12.8. The van der Waals surface area contributed by atoms with Gasteiger partial charge in [0, 0.05) is 12.3 Å². The third-order valence-electron chi connectivity index (χ3n) is 3.11. The number of nitrogens with zero attached hydrogens (tertiary/aromatic N) is 5. The van der Waals surface area contributed by atoms with Crippen LogP contribution in [0.15, 0.2) is 54.2 Å². The number of aryl methyl sites for hydroxylation is 1. The molecule has 0 fully saturated rings. The minimum absolute atomic E-state index is 0.591. The molecule has 3 rings (SSSR count). The van der Waals surface area contributed by atoms with Gasteiger partial charge < -0.3 is 4.74 Å². The number of anilines is 1. The number of nitrogens with one attached hydrogen (secondary N) is 1. The second kappa shape index (κ2) is 6.69. The molecule has 0 spiro atoms. The van der Waals surface area contributed by atoms with E-state index in [2.05, 4.69) is 25.6 Å². The zero-order chi connectivity index (χ0) is 16.1. The molecule has 1 aromatic carbocycles. The molecule has 7 nitrogen and oxygen atoms in total. The van der Waals surface area contributed by atoms with Crippen LogP contribution in [0.25, 0.3) is 5.82 Å². The van der Waals surface area contributed by atoms with Gasteiger partial charge in [-0.3, -0.25) is 5.43 Å². The number of hydrogen-bond acceptors (Lipinski definition) is 6. The molecular formula is C16H16N6O. The van der Waals surface area contributed by atoms with E-state index in [1.807, 2.05) is 37.4 Å². The maximum absolute atomic E-state index is 5.11. The van der Waals surface area contributed by atoms with E-state index in [-0.39, 0.29) is 0 Å². The molecule has 3 aromatic rings. The van der Waals surface area contributed by atoms with Crippen molar-refractivity contribution in [3.8, 4) is 11.6 Å². The topological polar surface area (TPSA) is 77.2 Å². The van der Waals surface area contributed by atoms with Crippen molar-refractivity contribution in [3.63, 3.8) is 0 Å². The fourth-order valence-corrected chi connectivity index (χ4v) is 1.93. The summed E-state index contributed by atoms with van der Waals surface area (Å²) in [6, 6.07) is 9.37. The van der Waals surface area contributed by atoms with Crippen LogP contribution in [0.5, 0.6) is 5.75 Å². The molecule has 0 saturated carbocycles. The van der Waals surface area contributed by atoms with E-state index in [1.54, 1.807) is 30.3 Å². The molecule has 0 aliphatic rings. The first-order valence-corrected chi connectivity index (χ1v) is 7.01. The number of aromatic nitrogens is 4. The lowest BCUT2D eigenvalue weighted by Gasteiger charge is -2.03. The van der Waals surface area contributed by atoms with Gasteiger partial charge in [0.25, 0.3) is 0 Å². The average molecular weight is 308 g/mol. The third-order valence-corrected chi connectivity index (χ3v) is 3.11. The van der Waals surface area contributed by atoms with Crippen molar-refractivity contribution in [1.82, 2.24) is 19.7 Å². The van der Waals surface area contributed by atoms with Crippen LogP contribution in [0.1, 0.15) is 11.1 Å². The Balaban J connectivity index is 1.69. The average Bonchev–Trinajstić information content (AvgIpc) is 3.02. The van der Waals surface area contributed by atoms with Gasteiger partial charge in [-0.25, -0.2) is 14.6 Å². The molecule has 0 amide bonds. The lowest BCUT2D eigenvalue weighted by molar-refractivity contribution is 0.415. The van der Waals surface area contributed by atoms with Crippen LogP contribution < -0.4 is 10.2 Å². The molecule has 2 heterocycles. The Morgan fingerprint density at radius 2 is 2.04 bits per heavy atom. The number of rotatable bonds is 5. The first-order chi connectivity index (χ1) is 11.2. The van der Waals surface area contributed by atoms with Crippen LogP contribution in [0.4, 0.5) is 5.82 Å². The van der Waals surface area contributed by atoms with Gasteiger partial charge in [-0.2, -0.15) is 10.2 Å². The molecule has 7 heteroatoms. The fraction of sp³-hybridized carbons (Fsp3) is 0.125. The highest BCUT2D eigenvalue weighted by molar-refractivity contribution is 5.80. The summed E-state index contributed by atoms with van der Waals surface area (Å²) in [5.41, 5.74) is 4.90. The minimum Gasteiger partial charge on any atom is -0.497 e. The Morgan fingerprint density at radius 1 is 1.22 bits per heavy atom. The normalized spacial score (nSPS) is 10.9. The lowest BCUT2D eigenvalue weighted by atomic mass is 10.2. The second-order valence-corrected chi connectivity index (χ2v) is 4.87. The molecular weight excluding hydrogens is 292 g/mol. The number of benzene rings is 1. The summed E-state index contributed by atoms with van der Waals surface area (Å²) in [5, 5.41) is 8.39. The summed E-state index contributed by atoms with van der Waals surface area (Å²) >= 11 is 0. The molecule has 1 N–H and O–H groups in total. The van der Waals surface area contributed by atoms with Crippen LogP contribution >= 0.6 is 0 Å². The van der Waals surface area contributed by atoms with E-state index in [0.717, 1.165) is 16.9 Å². The summed E-state index contributed by atoms with van der Waals surface area (Å²) in [7, 11) is 1.64. The maximum Gasteiger partial charge on any atom is 0.158 e. The van der Waals surface area contributed by atoms with E-state index in [1.165, 1.54) is 6.33 Å². The Bertz CT molecular complexity index is 809. The molecule has 116 valence electrons. The van der Waals surface area contributed by atoms with E-state index in [0.29, 0.717) is 11.6 Å². The molecule has 0 unspecified atom stereocenters. The summed E-state index contributed by atoms with van der Waals surface area (Å²) in [5.74, 6) is 2.08. The second-order valence-electron chi connectivity index (χ2n) is 4.87. The van der Waals surface area contributed by atoms with Gasteiger partial charge in [0.1, 0.15) is 12.1 Å². The molecule has 0 bridgehead atoms. The van der Waals surface area contributed by atoms with E-state index in [4.69, 9.17) is 4.74 Å². The zero-order valence-corrected chi connectivity index (χ0v) is 12.8. The summed E-state index contributed by atoms with van der Waals surface area (Å²) in [6.45, 7) is 1.98. The molecule has 0 aliphatic carbocycles. The van der Waals surface area contributed by atoms with Crippen molar-refractivity contribution in [3.05, 3.63) is 60.2 Å². The van der Waals surface area contributed by atoms with Crippen molar-refractivity contribution < 1.29 is 4.74 Å². The third kappa shape index (κ3) is 3.70. The van der Waals surface area contributed by atoms with Crippen LogP contribution in [0.2, 0.25) is 0 Å². The van der Waals surface area contributed by atoms with Crippen molar-refractivity contribution in [1.29, 1.82) is 0 Å². The van der Waals surface area contributed by atoms with Crippen LogP contribution in [0, 0.1) is 6.92 Å². The van der Waals surface area contributed by atoms with Gasteiger partial charge in [0.2, 0.25) is 0 Å². The standard InChI is InChI=1S/C16H16N6O/c1-12-8-20-22(10-12)16-7-15(17-11-18-16)21-19-9-13-3-5-14(23-2)6-4-13/h3-11H,1-2H3,(H,17,18,21). The number of ether oxygens (including phenoxy) is 1. The minimum atomic E-state index is 0.591. The van der Waals surface area contributed by atoms with E-state index >= 15 is 0 Å². The SMILES string of the molecule is COc1ccc(C=NNc2cc(-n3cc(C)cn3)ncn2)cc1. The Morgan fingerprint density at radius 3 is 2.74 bits per heavy atom. The van der Waals surface area contributed by atoms with E-state index in [9.17, 15) is 0 Å². The van der Waals surface area contributed by atoms with Crippen molar-refractivity contribution in [2.75, 3.05) is 12.5 Å². The highest BCUT2D eigenvalue weighted by Gasteiger charge is 2.01. The summed E-state index contributed by atoms with van der Waals surface area (Å²) in [6.07, 6.45) is 6.85. The number of hydrazone groups is 1. The quantitative estimate of drug-likeness (QED) is 0.578. The smallest absolute Gasteiger partial charge is 0.158 e. The Hall–Kier alpha value is -3.22. The first kappa shape index (κ1) is 14.7. The van der Waals surface area contributed by atoms with Gasteiger partial charge in [-0.15, -0.1) is 0 Å². The molecule has 2 aromatic heterocycles. The number of hydrogen-bond donors (Lipinski definition) is 1. The van der Waals surface area contributed by atoms with Gasteiger partial charge in [-0.1, -0.05) is 0 Å². The molecule has 0 atom stereocenters. The van der Waals surface area contributed by atoms with Crippen molar-refractivity contribution >= 4 is 12.0 Å². The van der Waals surface area contributed by atoms with Gasteiger partial charge in [0.05, 0.1) is 19.5 Å². The Kier molecular flexibility index (Phi) is 4.28. The molecule has 0 aliphatic heterocycles. The van der Waals surface area contributed by atoms with Gasteiger partial charge in [0.15, 0.2) is 11.6 Å². The molecule has 23 heavy (non-hydrogen) atoms. The van der Waals surface area contributed by atoms with Gasteiger partial charge >= 0.3 is 0 Å². The van der Waals surface area contributed by atoms with Gasteiger partial charge in [-0.05, 0) is 42.3 Å². The highest BCUT2D eigenvalue weighted by atomic mass is 16.5. The predicted octanol–water partition coefficient (Wildman–Crippen LogP) is 2.43. The fourth-order valence-electron chi connectivity index (χ4n) is 1.93. The van der Waals surface area contributed by atoms with Crippen LogP contribution in [-0.4, -0.2) is 33.1 Å².